The fourth-order valence-corrected chi connectivity index (χ4v) is 1.28. The molecule has 0 aromatic rings. The number of likely N-dealkylation sites (tertiary alicyclic amines) is 1. The first kappa shape index (κ1) is 12.4. The van der Waals surface area contributed by atoms with Gasteiger partial charge in [0.15, 0.2) is 0 Å². The van der Waals surface area contributed by atoms with Crippen molar-refractivity contribution in [3.63, 3.8) is 0 Å². The Hall–Kier alpha value is -1.62. The molecule has 1 unspecified atom stereocenters. The first-order valence-corrected chi connectivity index (χ1v) is 4.97. The monoisotopic (exact) mass is 225 g/mol. The molecule has 0 radical (unpaired) electrons. The van der Waals surface area contributed by atoms with Crippen LogP contribution in [0.1, 0.15) is 6.42 Å². The van der Waals surface area contributed by atoms with E-state index in [1.165, 1.54) is 11.0 Å². The molecule has 1 heterocycles. The van der Waals surface area contributed by atoms with E-state index in [0.29, 0.717) is 13.0 Å². The van der Waals surface area contributed by atoms with Crippen molar-refractivity contribution in [1.29, 1.82) is 0 Å². The van der Waals surface area contributed by atoms with Gasteiger partial charge in [-0.25, -0.2) is 0 Å². The molecular weight excluding hydrogens is 210 g/mol. The molecule has 1 saturated heterocycles. The minimum Gasteiger partial charge on any atom is -0.460 e. The fourth-order valence-electron chi connectivity index (χ4n) is 1.28. The zero-order chi connectivity index (χ0) is 12.0. The van der Waals surface area contributed by atoms with Gasteiger partial charge in [0, 0.05) is 0 Å². The lowest BCUT2D eigenvalue weighted by Crippen LogP contribution is -2.55. The molecule has 0 spiro atoms. The number of hydrogen-bond donors (Lipinski definition) is 0. The normalized spacial score (nSPS) is 18.9. The smallest absolute Gasteiger partial charge is 0.326 e. The van der Waals surface area contributed by atoms with Crippen molar-refractivity contribution in [3.8, 4) is 0 Å². The van der Waals surface area contributed by atoms with Crippen LogP contribution in [0, 0.1) is 0 Å². The second-order valence-corrected chi connectivity index (χ2v) is 3.27. The summed E-state index contributed by atoms with van der Waals surface area (Å²) in [7, 11) is 0. The molecule has 1 rings (SSSR count). The van der Waals surface area contributed by atoms with Gasteiger partial charge >= 0.3 is 5.97 Å². The zero-order valence-electron chi connectivity index (χ0n) is 9.05. The number of β-lactam (4-membered cyclic amide) rings is 1. The summed E-state index contributed by atoms with van der Waals surface area (Å²) in [5, 5.41) is 0. The summed E-state index contributed by atoms with van der Waals surface area (Å²) >= 11 is 0. The summed E-state index contributed by atoms with van der Waals surface area (Å²) in [6.45, 7) is 7.36. The number of carbonyl (C=O) groups is 2. The summed E-state index contributed by atoms with van der Waals surface area (Å²) in [5.74, 6) is -0.565. The lowest BCUT2D eigenvalue weighted by atomic mass is 10.1. The Kier molecular flexibility index (Phi) is 4.72. The van der Waals surface area contributed by atoms with Crippen molar-refractivity contribution < 1.29 is 19.1 Å². The lowest BCUT2D eigenvalue weighted by Gasteiger charge is -2.38. The Morgan fingerprint density at radius 1 is 1.44 bits per heavy atom. The Labute approximate surface area is 94.3 Å². The number of hydrogen-bond acceptors (Lipinski definition) is 4. The minimum absolute atomic E-state index is 0.0749. The van der Waals surface area contributed by atoms with E-state index in [2.05, 4.69) is 13.2 Å². The van der Waals surface area contributed by atoms with E-state index in [9.17, 15) is 9.59 Å². The van der Waals surface area contributed by atoms with Crippen LogP contribution < -0.4 is 0 Å². The van der Waals surface area contributed by atoms with E-state index < -0.39 is 5.97 Å². The van der Waals surface area contributed by atoms with Crippen LogP contribution in [0.2, 0.25) is 0 Å². The predicted molar refractivity (Wildman–Crippen MR) is 57.4 cm³/mol. The molecule has 5 nitrogen and oxygen atoms in total. The Morgan fingerprint density at radius 2 is 2.12 bits per heavy atom. The third-order valence-electron chi connectivity index (χ3n) is 2.09. The van der Waals surface area contributed by atoms with Gasteiger partial charge in [-0.1, -0.05) is 18.7 Å². The lowest BCUT2D eigenvalue weighted by molar-refractivity contribution is -0.178. The summed E-state index contributed by atoms with van der Waals surface area (Å²) in [6, 6.07) is 0. The standard InChI is InChI=1S/C11H15NO4/c1-3-5-15-10-7-9(13)12(10)8-11(14)16-6-4-2/h3-4,10H,1-2,5-8H2. The minimum atomic E-state index is -0.458. The summed E-state index contributed by atoms with van der Waals surface area (Å²) in [4.78, 5) is 23.8. The van der Waals surface area contributed by atoms with Gasteiger partial charge in [-0.2, -0.15) is 0 Å². The highest BCUT2D eigenvalue weighted by atomic mass is 16.5. The van der Waals surface area contributed by atoms with Crippen molar-refractivity contribution in [1.82, 2.24) is 4.90 Å². The van der Waals surface area contributed by atoms with Crippen LogP contribution in [0.3, 0.4) is 0 Å². The molecule has 0 aromatic carbocycles. The van der Waals surface area contributed by atoms with Crippen molar-refractivity contribution in [3.05, 3.63) is 25.3 Å². The number of amides is 1. The van der Waals surface area contributed by atoms with Gasteiger partial charge < -0.3 is 14.4 Å². The van der Waals surface area contributed by atoms with E-state index in [0.717, 1.165) is 0 Å². The molecular formula is C11H15NO4. The molecule has 0 N–H and O–H groups in total. The Bertz CT molecular complexity index is 300. The highest BCUT2D eigenvalue weighted by molar-refractivity contribution is 5.86. The van der Waals surface area contributed by atoms with Crippen LogP contribution in [-0.2, 0) is 19.1 Å². The highest BCUT2D eigenvalue weighted by Gasteiger charge is 2.38. The van der Waals surface area contributed by atoms with Crippen molar-refractivity contribution in [2.75, 3.05) is 19.8 Å². The predicted octanol–water partition coefficient (Wildman–Crippen LogP) is 0.477. The number of rotatable bonds is 7. The molecule has 5 heteroatoms. The van der Waals surface area contributed by atoms with Crippen LogP contribution in [0.25, 0.3) is 0 Å². The molecule has 16 heavy (non-hydrogen) atoms. The summed E-state index contributed by atoms with van der Waals surface area (Å²) in [5.41, 5.74) is 0. The average molecular weight is 225 g/mol. The fraction of sp³-hybridized carbons (Fsp3) is 0.455. The largest absolute Gasteiger partial charge is 0.460 e. The maximum Gasteiger partial charge on any atom is 0.326 e. The van der Waals surface area contributed by atoms with Gasteiger partial charge in [0.05, 0.1) is 13.0 Å². The molecule has 1 amide bonds. The van der Waals surface area contributed by atoms with Crippen LogP contribution in [0.15, 0.2) is 25.3 Å². The molecule has 0 bridgehead atoms. The van der Waals surface area contributed by atoms with Gasteiger partial charge in [-0.3, -0.25) is 9.59 Å². The number of carbonyl (C=O) groups excluding carboxylic acids is 2. The molecule has 0 saturated carbocycles. The van der Waals surface area contributed by atoms with Gasteiger partial charge in [-0.15, -0.1) is 6.58 Å². The van der Waals surface area contributed by atoms with Crippen LogP contribution >= 0.6 is 0 Å². The molecule has 0 aliphatic carbocycles. The molecule has 1 atom stereocenters. The first-order chi connectivity index (χ1) is 7.69. The third-order valence-corrected chi connectivity index (χ3v) is 2.09. The van der Waals surface area contributed by atoms with Crippen molar-refractivity contribution >= 4 is 11.9 Å². The van der Waals surface area contributed by atoms with Crippen molar-refractivity contribution in [2.45, 2.75) is 12.6 Å². The van der Waals surface area contributed by atoms with Crippen LogP contribution in [0.4, 0.5) is 0 Å². The number of ether oxygens (including phenoxy) is 2. The molecule has 1 aliphatic rings. The Morgan fingerprint density at radius 3 is 2.69 bits per heavy atom. The van der Waals surface area contributed by atoms with E-state index in [1.54, 1.807) is 6.08 Å². The second kappa shape index (κ2) is 6.07. The Balaban J connectivity index is 2.33. The van der Waals surface area contributed by atoms with Crippen molar-refractivity contribution in [2.24, 2.45) is 0 Å². The van der Waals surface area contributed by atoms with Gasteiger partial charge in [0.25, 0.3) is 0 Å². The third kappa shape index (κ3) is 3.20. The summed E-state index contributed by atoms with van der Waals surface area (Å²) < 4.78 is 10.0. The zero-order valence-corrected chi connectivity index (χ0v) is 9.05. The van der Waals surface area contributed by atoms with Crippen LogP contribution in [-0.4, -0.2) is 42.8 Å². The van der Waals surface area contributed by atoms with Gasteiger partial charge in [-0.05, 0) is 0 Å². The average Bonchev–Trinajstić information content (AvgIpc) is 2.28. The molecule has 0 aromatic heterocycles. The second-order valence-electron chi connectivity index (χ2n) is 3.27. The SMILES string of the molecule is C=CCOC(=O)CN1C(=O)CC1OCC=C. The highest BCUT2D eigenvalue weighted by Crippen LogP contribution is 2.19. The quantitative estimate of drug-likeness (QED) is 0.359. The van der Waals surface area contributed by atoms with E-state index in [4.69, 9.17) is 9.47 Å². The first-order valence-electron chi connectivity index (χ1n) is 4.97. The topological polar surface area (TPSA) is 55.8 Å². The molecule has 88 valence electrons. The van der Waals surface area contributed by atoms with Gasteiger partial charge in [0.2, 0.25) is 5.91 Å². The van der Waals surface area contributed by atoms with Gasteiger partial charge in [0.1, 0.15) is 19.4 Å². The molecule has 1 aliphatic heterocycles. The van der Waals surface area contributed by atoms with E-state index in [-0.39, 0.29) is 25.3 Å². The number of nitrogens with zero attached hydrogens (tertiary/aromatic N) is 1. The maximum atomic E-state index is 11.2. The molecule has 1 fully saturated rings. The maximum absolute atomic E-state index is 11.2. The van der Waals surface area contributed by atoms with E-state index >= 15 is 0 Å². The number of esters is 1. The van der Waals surface area contributed by atoms with Crippen LogP contribution in [0.5, 0.6) is 0 Å². The van der Waals surface area contributed by atoms with E-state index in [1.807, 2.05) is 0 Å². The summed E-state index contributed by atoms with van der Waals surface area (Å²) in [6.07, 6.45) is 3.04.